The molecule has 18 heavy (non-hydrogen) atoms. The number of nitrogen functional groups attached to an aromatic ring is 1. The first-order valence-electron chi connectivity index (χ1n) is 6.69. The summed E-state index contributed by atoms with van der Waals surface area (Å²) in [6, 6.07) is 2.78. The predicted molar refractivity (Wildman–Crippen MR) is 73.3 cm³/mol. The topological polar surface area (TPSA) is 58.0 Å². The summed E-state index contributed by atoms with van der Waals surface area (Å²) in [4.78, 5) is 2.50. The van der Waals surface area contributed by atoms with Crippen molar-refractivity contribution in [2.45, 2.75) is 46.2 Å². The fraction of sp³-hybridized carbons (Fsp3) is 0.643. The number of hydrogen-bond acceptors (Lipinski definition) is 3. The molecule has 1 saturated heterocycles. The minimum atomic E-state index is 0.564. The summed E-state index contributed by atoms with van der Waals surface area (Å²) in [5.74, 6) is 0.635. The Bertz CT molecular complexity index is 481. The van der Waals surface area contributed by atoms with E-state index in [4.69, 9.17) is 11.0 Å². The van der Waals surface area contributed by atoms with Gasteiger partial charge in [-0.1, -0.05) is 6.92 Å². The molecule has 2 heterocycles. The Balaban J connectivity index is 2.27. The van der Waals surface area contributed by atoms with Crippen LogP contribution in [0.5, 0.6) is 0 Å². The molecule has 1 aliphatic rings. The predicted octanol–water partition coefficient (Wildman–Crippen LogP) is 2.04. The Morgan fingerprint density at radius 1 is 1.44 bits per heavy atom. The van der Waals surface area contributed by atoms with Crippen molar-refractivity contribution in [3.8, 4) is 6.07 Å². The standard InChI is InChI=1S/C14H22N4/c1-4-17-7-5-6-12(17)9-18-11(3)10(2)13(8-15)14(18)16/h12H,4-7,9,16H2,1-3H3/t12-/m1/s1. The van der Waals surface area contributed by atoms with Crippen molar-refractivity contribution >= 4 is 5.82 Å². The molecular formula is C14H22N4. The van der Waals surface area contributed by atoms with Crippen molar-refractivity contribution in [2.75, 3.05) is 18.8 Å². The van der Waals surface area contributed by atoms with E-state index in [0.29, 0.717) is 17.4 Å². The minimum absolute atomic E-state index is 0.564. The van der Waals surface area contributed by atoms with E-state index in [1.807, 2.05) is 6.92 Å². The molecule has 1 aromatic heterocycles. The van der Waals surface area contributed by atoms with E-state index in [9.17, 15) is 0 Å². The lowest BCUT2D eigenvalue weighted by Crippen LogP contribution is -2.33. The Morgan fingerprint density at radius 3 is 2.72 bits per heavy atom. The summed E-state index contributed by atoms with van der Waals surface area (Å²) >= 11 is 0. The third kappa shape index (κ3) is 1.99. The van der Waals surface area contributed by atoms with Crippen LogP contribution in [0.3, 0.4) is 0 Å². The molecular weight excluding hydrogens is 224 g/mol. The van der Waals surface area contributed by atoms with E-state index in [1.54, 1.807) is 0 Å². The molecule has 0 saturated carbocycles. The molecule has 2 N–H and O–H groups in total. The number of nitriles is 1. The molecule has 4 nitrogen and oxygen atoms in total. The molecule has 0 unspecified atom stereocenters. The number of nitrogens with two attached hydrogens (primary N) is 1. The molecule has 98 valence electrons. The van der Waals surface area contributed by atoms with Gasteiger partial charge in [0.05, 0.1) is 5.56 Å². The SMILES string of the molecule is CCN1CCC[C@@H]1Cn1c(C)c(C)c(C#N)c1N. The maximum atomic E-state index is 9.14. The largest absolute Gasteiger partial charge is 0.384 e. The molecule has 0 spiro atoms. The highest BCUT2D eigenvalue weighted by molar-refractivity contribution is 5.57. The fourth-order valence-electron chi connectivity index (χ4n) is 3.00. The van der Waals surface area contributed by atoms with Crippen LogP contribution in [0.2, 0.25) is 0 Å². The lowest BCUT2D eigenvalue weighted by molar-refractivity contribution is 0.244. The zero-order valence-corrected chi connectivity index (χ0v) is 11.5. The van der Waals surface area contributed by atoms with Crippen molar-refractivity contribution in [1.82, 2.24) is 9.47 Å². The van der Waals surface area contributed by atoms with Gasteiger partial charge in [-0.05, 0) is 45.3 Å². The third-order valence-corrected chi connectivity index (χ3v) is 4.28. The van der Waals surface area contributed by atoms with Crippen LogP contribution in [0.4, 0.5) is 5.82 Å². The first kappa shape index (κ1) is 13.0. The summed E-state index contributed by atoms with van der Waals surface area (Å²) in [5.41, 5.74) is 8.90. The van der Waals surface area contributed by atoms with Gasteiger partial charge in [0.15, 0.2) is 0 Å². The van der Waals surface area contributed by atoms with Gasteiger partial charge in [-0.2, -0.15) is 5.26 Å². The first-order chi connectivity index (χ1) is 8.60. The second kappa shape index (κ2) is 5.03. The average molecular weight is 246 g/mol. The maximum absolute atomic E-state index is 9.14. The molecule has 1 atom stereocenters. The maximum Gasteiger partial charge on any atom is 0.122 e. The van der Waals surface area contributed by atoms with Gasteiger partial charge in [0, 0.05) is 18.3 Å². The van der Waals surface area contributed by atoms with Crippen LogP contribution < -0.4 is 5.73 Å². The van der Waals surface area contributed by atoms with Crippen LogP contribution in [0.25, 0.3) is 0 Å². The van der Waals surface area contributed by atoms with Gasteiger partial charge in [0.1, 0.15) is 11.9 Å². The average Bonchev–Trinajstić information content (AvgIpc) is 2.89. The van der Waals surface area contributed by atoms with E-state index in [0.717, 1.165) is 24.3 Å². The molecule has 0 aliphatic carbocycles. The van der Waals surface area contributed by atoms with Crippen molar-refractivity contribution in [1.29, 1.82) is 5.26 Å². The van der Waals surface area contributed by atoms with E-state index in [1.165, 1.54) is 19.4 Å². The van der Waals surface area contributed by atoms with Gasteiger partial charge in [0.2, 0.25) is 0 Å². The quantitative estimate of drug-likeness (QED) is 0.888. The number of aromatic nitrogens is 1. The van der Waals surface area contributed by atoms with Gasteiger partial charge in [-0.25, -0.2) is 0 Å². The monoisotopic (exact) mass is 246 g/mol. The number of hydrogen-bond donors (Lipinski definition) is 1. The van der Waals surface area contributed by atoms with Crippen molar-refractivity contribution in [3.63, 3.8) is 0 Å². The molecule has 1 fully saturated rings. The minimum Gasteiger partial charge on any atom is -0.384 e. The lowest BCUT2D eigenvalue weighted by Gasteiger charge is -2.24. The molecule has 2 rings (SSSR count). The Hall–Kier alpha value is -1.47. The van der Waals surface area contributed by atoms with Crippen molar-refractivity contribution < 1.29 is 0 Å². The zero-order valence-electron chi connectivity index (χ0n) is 11.5. The summed E-state index contributed by atoms with van der Waals surface area (Å²) < 4.78 is 2.12. The molecule has 1 aromatic rings. The third-order valence-electron chi connectivity index (χ3n) is 4.28. The van der Waals surface area contributed by atoms with E-state index in [-0.39, 0.29) is 0 Å². The lowest BCUT2D eigenvalue weighted by atomic mass is 10.2. The van der Waals surface area contributed by atoms with Gasteiger partial charge < -0.3 is 10.3 Å². The normalized spacial score (nSPS) is 20.2. The van der Waals surface area contributed by atoms with Gasteiger partial charge in [-0.15, -0.1) is 0 Å². The van der Waals surface area contributed by atoms with Crippen molar-refractivity contribution in [2.24, 2.45) is 0 Å². The second-order valence-corrected chi connectivity index (χ2v) is 5.12. The number of likely N-dealkylation sites (N-methyl/N-ethyl adjacent to an activating group) is 1. The first-order valence-corrected chi connectivity index (χ1v) is 6.69. The van der Waals surface area contributed by atoms with E-state index < -0.39 is 0 Å². The van der Waals surface area contributed by atoms with Gasteiger partial charge >= 0.3 is 0 Å². The highest BCUT2D eigenvalue weighted by atomic mass is 15.2. The summed E-state index contributed by atoms with van der Waals surface area (Å²) in [6.45, 7) is 9.43. The summed E-state index contributed by atoms with van der Waals surface area (Å²) in [6.07, 6.45) is 2.49. The van der Waals surface area contributed by atoms with E-state index in [2.05, 4.69) is 29.4 Å². The number of nitrogens with zero attached hydrogens (tertiary/aromatic N) is 3. The van der Waals surface area contributed by atoms with Crippen LogP contribution >= 0.6 is 0 Å². The van der Waals surface area contributed by atoms with E-state index >= 15 is 0 Å². The van der Waals surface area contributed by atoms with Crippen LogP contribution in [0.1, 0.15) is 36.6 Å². The molecule has 0 amide bonds. The van der Waals surface area contributed by atoms with Crippen molar-refractivity contribution in [3.05, 3.63) is 16.8 Å². The Kier molecular flexibility index (Phi) is 3.63. The second-order valence-electron chi connectivity index (χ2n) is 5.12. The zero-order chi connectivity index (χ0) is 13.3. The highest BCUT2D eigenvalue weighted by Crippen LogP contribution is 2.26. The molecule has 1 aliphatic heterocycles. The van der Waals surface area contributed by atoms with Crippen LogP contribution in [0, 0.1) is 25.2 Å². The summed E-state index contributed by atoms with van der Waals surface area (Å²) in [7, 11) is 0. The van der Waals surface area contributed by atoms with Gasteiger partial charge in [-0.3, -0.25) is 4.90 Å². The number of rotatable bonds is 3. The Morgan fingerprint density at radius 2 is 2.17 bits per heavy atom. The molecule has 0 bridgehead atoms. The van der Waals surface area contributed by atoms with Crippen LogP contribution in [-0.2, 0) is 6.54 Å². The molecule has 0 aromatic carbocycles. The van der Waals surface area contributed by atoms with Crippen LogP contribution in [-0.4, -0.2) is 28.6 Å². The smallest absolute Gasteiger partial charge is 0.122 e. The number of likely N-dealkylation sites (tertiary alicyclic amines) is 1. The highest BCUT2D eigenvalue weighted by Gasteiger charge is 2.25. The fourth-order valence-corrected chi connectivity index (χ4v) is 3.00. The molecule has 4 heteroatoms. The Labute approximate surface area is 109 Å². The summed E-state index contributed by atoms with van der Waals surface area (Å²) in [5, 5.41) is 9.14. The van der Waals surface area contributed by atoms with Crippen LogP contribution in [0.15, 0.2) is 0 Å². The van der Waals surface area contributed by atoms with Gasteiger partial charge in [0.25, 0.3) is 0 Å². The number of anilines is 1. The molecule has 0 radical (unpaired) electrons.